The number of hydrogen-bond acceptors (Lipinski definition) is 8. The Morgan fingerprint density at radius 1 is 1.04 bits per heavy atom. The van der Waals surface area contributed by atoms with E-state index in [0.29, 0.717) is 87.6 Å². The SMILES string of the molecule is C[N+](C)(C)CCCC(NC(=O)CCCC1CCN(c2cc(N3CCC[C@H]3C(=O)NCCc3ccc(C#N)cc3)nc(C(F)(F)F)n2)CC1)C(=O)O. The zero-order valence-electron chi connectivity index (χ0n) is 29.7. The summed E-state index contributed by atoms with van der Waals surface area (Å²) in [5.41, 5.74) is 1.50. The molecule has 0 saturated carbocycles. The van der Waals surface area contributed by atoms with E-state index >= 15 is 0 Å². The van der Waals surface area contributed by atoms with Gasteiger partial charge >= 0.3 is 12.1 Å². The molecule has 2 atom stereocenters. The van der Waals surface area contributed by atoms with E-state index in [4.69, 9.17) is 5.26 Å². The molecule has 3 heterocycles. The Labute approximate surface area is 297 Å². The number of nitriles is 1. The Morgan fingerprint density at radius 3 is 2.35 bits per heavy atom. The van der Waals surface area contributed by atoms with Gasteiger partial charge in [-0.25, -0.2) is 14.8 Å². The summed E-state index contributed by atoms with van der Waals surface area (Å²) in [4.78, 5) is 48.6. The van der Waals surface area contributed by atoms with E-state index in [-0.39, 0.29) is 35.8 Å². The molecular weight excluding hydrogens is 665 g/mol. The fourth-order valence-electron chi connectivity index (χ4n) is 6.66. The fraction of sp³-hybridized carbons (Fsp3) is 0.611. The van der Waals surface area contributed by atoms with E-state index in [1.165, 1.54) is 0 Å². The van der Waals surface area contributed by atoms with E-state index in [2.05, 4.69) is 26.7 Å². The number of hydrogen-bond donors (Lipinski definition) is 3. The average Bonchev–Trinajstić information content (AvgIpc) is 3.58. The second-order valence-electron chi connectivity index (χ2n) is 14.5. The van der Waals surface area contributed by atoms with Crippen LogP contribution in [0.15, 0.2) is 30.3 Å². The molecule has 4 rings (SSSR count). The van der Waals surface area contributed by atoms with Gasteiger partial charge in [0.15, 0.2) is 0 Å². The predicted octanol–water partition coefficient (Wildman–Crippen LogP) is 4.14. The van der Waals surface area contributed by atoms with Crippen LogP contribution in [0.2, 0.25) is 0 Å². The summed E-state index contributed by atoms with van der Waals surface area (Å²) >= 11 is 0. The highest BCUT2D eigenvalue weighted by molar-refractivity contribution is 5.85. The molecule has 12 nitrogen and oxygen atoms in total. The van der Waals surface area contributed by atoms with Gasteiger partial charge in [-0.15, -0.1) is 0 Å². The van der Waals surface area contributed by atoms with Gasteiger partial charge in [0, 0.05) is 38.7 Å². The molecule has 1 unspecified atom stereocenters. The minimum Gasteiger partial charge on any atom is -0.480 e. The number of halogens is 3. The summed E-state index contributed by atoms with van der Waals surface area (Å²) in [6, 6.07) is 9.09. The van der Waals surface area contributed by atoms with Crippen LogP contribution in [0.3, 0.4) is 0 Å². The molecule has 1 aromatic carbocycles. The van der Waals surface area contributed by atoms with Crippen molar-refractivity contribution < 1.29 is 37.1 Å². The van der Waals surface area contributed by atoms with Crippen molar-refractivity contribution in [2.45, 2.75) is 82.5 Å². The Hall–Kier alpha value is -4.45. The maximum atomic E-state index is 14.0. The van der Waals surface area contributed by atoms with Crippen molar-refractivity contribution in [3.8, 4) is 6.07 Å². The summed E-state index contributed by atoms with van der Waals surface area (Å²) in [6.45, 7) is 2.50. The number of carbonyl (C=O) groups is 3. The van der Waals surface area contributed by atoms with Crippen molar-refractivity contribution in [3.63, 3.8) is 0 Å². The van der Waals surface area contributed by atoms with E-state index in [9.17, 15) is 32.7 Å². The van der Waals surface area contributed by atoms with Crippen molar-refractivity contribution >= 4 is 29.4 Å². The quantitative estimate of drug-likeness (QED) is 0.218. The third-order valence-corrected chi connectivity index (χ3v) is 9.51. The maximum absolute atomic E-state index is 14.0. The van der Waals surface area contributed by atoms with Crippen molar-refractivity contribution in [1.82, 2.24) is 20.6 Å². The lowest BCUT2D eigenvalue weighted by Crippen LogP contribution is -2.44. The molecule has 2 aliphatic heterocycles. The molecule has 1 aromatic heterocycles. The van der Waals surface area contributed by atoms with Crippen LogP contribution in [0.5, 0.6) is 0 Å². The minimum atomic E-state index is -4.77. The molecule has 2 saturated heterocycles. The fourth-order valence-corrected chi connectivity index (χ4v) is 6.66. The van der Waals surface area contributed by atoms with Gasteiger partial charge in [0.25, 0.3) is 0 Å². The van der Waals surface area contributed by atoms with Crippen LogP contribution in [-0.2, 0) is 27.0 Å². The van der Waals surface area contributed by atoms with Gasteiger partial charge in [0.2, 0.25) is 17.6 Å². The Kier molecular flexibility index (Phi) is 13.6. The number of rotatable bonds is 16. The number of carboxylic acid groups (broad SMARTS) is 1. The molecule has 278 valence electrons. The number of amides is 2. The summed E-state index contributed by atoms with van der Waals surface area (Å²) in [7, 11) is 6.08. The number of nitrogens with zero attached hydrogens (tertiary/aromatic N) is 6. The van der Waals surface area contributed by atoms with Gasteiger partial charge in [0.05, 0.1) is 39.3 Å². The van der Waals surface area contributed by atoms with Gasteiger partial charge in [-0.05, 0) is 81.4 Å². The van der Waals surface area contributed by atoms with Gasteiger partial charge in [0.1, 0.15) is 23.7 Å². The molecule has 2 aliphatic rings. The van der Waals surface area contributed by atoms with Crippen LogP contribution in [0, 0.1) is 17.2 Å². The van der Waals surface area contributed by atoms with Crippen LogP contribution in [0.25, 0.3) is 0 Å². The lowest BCUT2D eigenvalue weighted by Gasteiger charge is -2.34. The number of anilines is 2. The Morgan fingerprint density at radius 2 is 1.73 bits per heavy atom. The molecule has 2 amide bonds. The number of carboxylic acids is 1. The van der Waals surface area contributed by atoms with Crippen LogP contribution in [0.1, 0.15) is 74.7 Å². The third kappa shape index (κ3) is 12.1. The Balaban J connectivity index is 1.30. The van der Waals surface area contributed by atoms with Crippen LogP contribution in [0.4, 0.5) is 24.8 Å². The molecule has 15 heteroatoms. The Bertz CT molecular complexity index is 1530. The van der Waals surface area contributed by atoms with Crippen LogP contribution < -0.4 is 20.4 Å². The van der Waals surface area contributed by atoms with Gasteiger partial charge in [-0.3, -0.25) is 9.59 Å². The van der Waals surface area contributed by atoms with Crippen LogP contribution >= 0.6 is 0 Å². The number of piperidine rings is 1. The highest BCUT2D eigenvalue weighted by Gasteiger charge is 2.39. The van der Waals surface area contributed by atoms with E-state index < -0.39 is 30.1 Å². The lowest BCUT2D eigenvalue weighted by atomic mass is 9.91. The average molecular weight is 716 g/mol. The van der Waals surface area contributed by atoms with Crippen molar-refractivity contribution in [3.05, 3.63) is 47.3 Å². The molecule has 0 radical (unpaired) electrons. The predicted molar refractivity (Wildman–Crippen MR) is 186 cm³/mol. The van der Waals surface area contributed by atoms with Gasteiger partial charge < -0.3 is 30.0 Å². The van der Waals surface area contributed by atoms with E-state index in [1.54, 1.807) is 23.1 Å². The van der Waals surface area contributed by atoms with Crippen molar-refractivity contribution in [1.29, 1.82) is 5.26 Å². The van der Waals surface area contributed by atoms with Gasteiger partial charge in [-0.1, -0.05) is 12.1 Å². The smallest absolute Gasteiger partial charge is 0.451 e. The molecule has 0 bridgehead atoms. The minimum absolute atomic E-state index is 0.0716. The number of aliphatic carboxylic acids is 1. The zero-order valence-corrected chi connectivity index (χ0v) is 29.7. The molecule has 2 fully saturated rings. The summed E-state index contributed by atoms with van der Waals surface area (Å²) in [5.74, 6) is -2.34. The topological polar surface area (TPSA) is 152 Å². The number of carbonyl (C=O) groups excluding carboxylic acids is 2. The second kappa shape index (κ2) is 17.7. The normalized spacial score (nSPS) is 17.5. The van der Waals surface area contributed by atoms with Crippen molar-refractivity contribution in [2.24, 2.45) is 5.92 Å². The highest BCUT2D eigenvalue weighted by atomic mass is 19.4. The molecule has 51 heavy (non-hydrogen) atoms. The summed E-state index contributed by atoms with van der Waals surface area (Å²) < 4.78 is 42.7. The third-order valence-electron chi connectivity index (χ3n) is 9.51. The second-order valence-corrected chi connectivity index (χ2v) is 14.5. The zero-order chi connectivity index (χ0) is 37.2. The van der Waals surface area contributed by atoms with E-state index in [0.717, 1.165) is 18.5 Å². The molecule has 0 aliphatic carbocycles. The largest absolute Gasteiger partial charge is 0.480 e. The molecule has 0 spiro atoms. The lowest BCUT2D eigenvalue weighted by molar-refractivity contribution is -0.870. The number of nitrogens with one attached hydrogen (secondary N) is 2. The standard InChI is InChI=1S/C36H49F3N8O4/c1-47(2,3)22-6-8-28(34(50)51)42-32(48)10-4-7-25-16-20-45(21-17-25)30-23-31(44-35(43-30)36(37,38)39)46-19-5-9-29(46)33(49)41-18-15-26-11-13-27(24-40)14-12-26/h11-14,23,25,28-29H,4-10,15-22H2,1-3H3,(H2-,41,42,48,49,50,51)/p+1/t28?,29-/m0/s1. The molecule has 2 aromatic rings. The van der Waals surface area contributed by atoms with E-state index in [1.807, 2.05) is 38.2 Å². The highest BCUT2D eigenvalue weighted by Crippen LogP contribution is 2.34. The van der Waals surface area contributed by atoms with Crippen LogP contribution in [-0.4, -0.2) is 103 Å². The molecule has 3 N–H and O–H groups in total. The summed E-state index contributed by atoms with van der Waals surface area (Å²) in [6.07, 6.45) is 0.894. The number of benzene rings is 1. The molecular formula is C36H50F3N8O4+. The number of quaternary nitrogens is 1. The summed E-state index contributed by atoms with van der Waals surface area (Å²) in [5, 5.41) is 24.1. The first-order chi connectivity index (χ1) is 24.1. The first-order valence-electron chi connectivity index (χ1n) is 17.7. The first kappa shape index (κ1) is 39.3. The van der Waals surface area contributed by atoms with Crippen molar-refractivity contribution in [2.75, 3.05) is 63.7 Å². The van der Waals surface area contributed by atoms with Gasteiger partial charge in [-0.2, -0.15) is 18.4 Å². The maximum Gasteiger partial charge on any atom is 0.451 e. The number of alkyl halides is 3. The number of aromatic nitrogens is 2. The monoisotopic (exact) mass is 715 g/mol. The first-order valence-corrected chi connectivity index (χ1v) is 17.7.